The molecule has 3 heterocycles. The molecule has 0 aromatic carbocycles. The zero-order valence-corrected chi connectivity index (χ0v) is 15.4. The lowest BCUT2D eigenvalue weighted by Gasteiger charge is -2.31. The molecule has 0 aliphatic carbocycles. The predicted molar refractivity (Wildman–Crippen MR) is 95.9 cm³/mol. The summed E-state index contributed by atoms with van der Waals surface area (Å²) in [5, 5.41) is 6.72. The van der Waals surface area contributed by atoms with Gasteiger partial charge < -0.3 is 9.84 Å². The molecule has 8 nitrogen and oxygen atoms in total. The maximum absolute atomic E-state index is 12.4. The van der Waals surface area contributed by atoms with Crippen LogP contribution in [0.15, 0.2) is 35.1 Å². The van der Waals surface area contributed by atoms with Crippen molar-refractivity contribution in [2.45, 2.75) is 32.2 Å². The van der Waals surface area contributed by atoms with Gasteiger partial charge in [0.1, 0.15) is 0 Å². The number of amides is 1. The first kappa shape index (κ1) is 18.5. The summed E-state index contributed by atoms with van der Waals surface area (Å²) in [6.07, 6.45) is 5.06. The molecule has 0 bridgehead atoms. The van der Waals surface area contributed by atoms with Crippen molar-refractivity contribution in [3.05, 3.63) is 36.3 Å². The Morgan fingerprint density at radius 1 is 1.38 bits per heavy atom. The normalized spacial score (nSPS) is 16.5. The van der Waals surface area contributed by atoms with E-state index in [-0.39, 0.29) is 23.4 Å². The number of rotatable bonds is 6. The average Bonchev–Trinajstić information content (AvgIpc) is 3.13. The summed E-state index contributed by atoms with van der Waals surface area (Å²) in [6, 6.07) is 5.10. The molecule has 0 unspecified atom stereocenters. The number of piperidine rings is 1. The molecule has 9 heteroatoms. The number of aromatic nitrogens is 2. The monoisotopic (exact) mass is 378 g/mol. The molecule has 0 spiro atoms. The summed E-state index contributed by atoms with van der Waals surface area (Å²) in [5.74, 6) is 0.322. The minimum absolute atomic E-state index is 0.0749. The molecule has 0 atom stereocenters. The van der Waals surface area contributed by atoms with Crippen molar-refractivity contribution in [1.29, 1.82) is 0 Å². The van der Waals surface area contributed by atoms with Crippen molar-refractivity contribution < 1.29 is 17.7 Å². The minimum atomic E-state index is -3.18. The van der Waals surface area contributed by atoms with Crippen molar-refractivity contribution >= 4 is 15.9 Å². The van der Waals surface area contributed by atoms with Gasteiger partial charge in [0.15, 0.2) is 11.5 Å². The fourth-order valence-corrected chi connectivity index (χ4v) is 4.49. The van der Waals surface area contributed by atoms with Crippen LogP contribution in [0.5, 0.6) is 0 Å². The van der Waals surface area contributed by atoms with Crippen LogP contribution < -0.4 is 5.32 Å². The van der Waals surface area contributed by atoms with E-state index >= 15 is 0 Å². The van der Waals surface area contributed by atoms with Gasteiger partial charge in [0.25, 0.3) is 5.91 Å². The predicted octanol–water partition coefficient (Wildman–Crippen LogP) is 1.67. The minimum Gasteiger partial charge on any atom is -0.355 e. The molecule has 0 saturated carbocycles. The summed E-state index contributed by atoms with van der Waals surface area (Å²) in [5.41, 5.74) is 0.943. The van der Waals surface area contributed by atoms with Crippen molar-refractivity contribution in [2.75, 3.05) is 18.8 Å². The molecule has 1 N–H and O–H groups in total. The largest absolute Gasteiger partial charge is 0.355 e. The van der Waals surface area contributed by atoms with E-state index in [4.69, 9.17) is 4.52 Å². The van der Waals surface area contributed by atoms with Gasteiger partial charge in [0.2, 0.25) is 10.0 Å². The van der Waals surface area contributed by atoms with E-state index in [0.29, 0.717) is 38.1 Å². The van der Waals surface area contributed by atoms with Crippen molar-refractivity contribution in [2.24, 2.45) is 0 Å². The van der Waals surface area contributed by atoms with Crippen molar-refractivity contribution in [1.82, 2.24) is 19.8 Å². The zero-order chi connectivity index (χ0) is 18.6. The molecule has 1 fully saturated rings. The SMILES string of the molecule is CCCS(=O)(=O)N1CCC(NC(=O)c2cc(-c3cccnc3)on2)CC1. The van der Waals surface area contributed by atoms with E-state index in [1.807, 2.05) is 13.0 Å². The van der Waals surface area contributed by atoms with Crippen LogP contribution in [0, 0.1) is 0 Å². The summed E-state index contributed by atoms with van der Waals surface area (Å²) in [7, 11) is -3.18. The van der Waals surface area contributed by atoms with E-state index in [2.05, 4.69) is 15.5 Å². The highest BCUT2D eigenvalue weighted by atomic mass is 32.2. The van der Waals surface area contributed by atoms with E-state index in [0.717, 1.165) is 5.56 Å². The quantitative estimate of drug-likeness (QED) is 0.820. The highest BCUT2D eigenvalue weighted by molar-refractivity contribution is 7.89. The van der Waals surface area contributed by atoms with E-state index in [1.54, 1.807) is 24.5 Å². The lowest BCUT2D eigenvalue weighted by molar-refractivity contribution is 0.0914. The Bertz CT molecular complexity index is 843. The molecule has 2 aromatic heterocycles. The maximum atomic E-state index is 12.4. The Morgan fingerprint density at radius 2 is 2.15 bits per heavy atom. The van der Waals surface area contributed by atoms with Crippen LogP contribution in [0.25, 0.3) is 11.3 Å². The van der Waals surface area contributed by atoms with Crippen LogP contribution in [0.3, 0.4) is 0 Å². The molecule has 3 rings (SSSR count). The van der Waals surface area contributed by atoms with E-state index < -0.39 is 10.0 Å². The Labute approximate surface area is 152 Å². The fraction of sp³-hybridized carbons (Fsp3) is 0.471. The molecular weight excluding hydrogens is 356 g/mol. The Morgan fingerprint density at radius 3 is 2.81 bits per heavy atom. The molecule has 26 heavy (non-hydrogen) atoms. The first-order valence-electron chi connectivity index (χ1n) is 8.65. The third kappa shape index (κ3) is 4.28. The van der Waals surface area contributed by atoms with Gasteiger partial charge in [0.05, 0.1) is 5.75 Å². The fourth-order valence-electron chi connectivity index (χ4n) is 2.95. The van der Waals surface area contributed by atoms with E-state index in [9.17, 15) is 13.2 Å². The lowest BCUT2D eigenvalue weighted by atomic mass is 10.1. The van der Waals surface area contributed by atoms with Crippen LogP contribution in [0.4, 0.5) is 0 Å². The van der Waals surface area contributed by atoms with Gasteiger partial charge in [-0.1, -0.05) is 12.1 Å². The number of carbonyl (C=O) groups is 1. The summed E-state index contributed by atoms with van der Waals surface area (Å²) < 4.78 is 30.9. The summed E-state index contributed by atoms with van der Waals surface area (Å²) >= 11 is 0. The molecule has 1 amide bonds. The second-order valence-electron chi connectivity index (χ2n) is 6.28. The second-order valence-corrected chi connectivity index (χ2v) is 8.37. The first-order chi connectivity index (χ1) is 12.5. The van der Waals surface area contributed by atoms with Crippen LogP contribution >= 0.6 is 0 Å². The number of pyridine rings is 1. The zero-order valence-electron chi connectivity index (χ0n) is 14.6. The second kappa shape index (κ2) is 7.96. The average molecular weight is 378 g/mol. The third-order valence-electron chi connectivity index (χ3n) is 4.33. The lowest BCUT2D eigenvalue weighted by Crippen LogP contribution is -2.47. The number of sulfonamides is 1. The van der Waals surface area contributed by atoms with Crippen LogP contribution in [0.1, 0.15) is 36.7 Å². The number of nitrogens with zero attached hydrogens (tertiary/aromatic N) is 3. The van der Waals surface area contributed by atoms with Crippen LogP contribution in [-0.4, -0.2) is 53.7 Å². The number of carbonyl (C=O) groups excluding carboxylic acids is 1. The highest BCUT2D eigenvalue weighted by Gasteiger charge is 2.28. The highest BCUT2D eigenvalue weighted by Crippen LogP contribution is 2.20. The van der Waals surface area contributed by atoms with Crippen LogP contribution in [-0.2, 0) is 10.0 Å². The maximum Gasteiger partial charge on any atom is 0.273 e. The topological polar surface area (TPSA) is 105 Å². The van der Waals surface area contributed by atoms with Gasteiger partial charge in [-0.3, -0.25) is 9.78 Å². The summed E-state index contributed by atoms with van der Waals surface area (Å²) in [4.78, 5) is 16.4. The standard InChI is InChI=1S/C17H22N4O4S/c1-2-10-26(23,24)21-8-5-14(6-9-21)19-17(22)15-11-16(25-20-15)13-4-3-7-18-12-13/h3-4,7,11-12,14H,2,5-6,8-10H2,1H3,(H,19,22). The number of hydrogen-bond donors (Lipinski definition) is 1. The molecule has 0 radical (unpaired) electrons. The Kier molecular flexibility index (Phi) is 5.67. The van der Waals surface area contributed by atoms with Gasteiger partial charge >= 0.3 is 0 Å². The molecule has 140 valence electrons. The molecule has 1 aliphatic heterocycles. The Hall–Kier alpha value is -2.26. The molecular formula is C17H22N4O4S. The van der Waals surface area contributed by atoms with Crippen molar-refractivity contribution in [3.8, 4) is 11.3 Å². The van der Waals surface area contributed by atoms with Gasteiger partial charge in [-0.25, -0.2) is 12.7 Å². The number of hydrogen-bond acceptors (Lipinski definition) is 6. The molecule has 1 saturated heterocycles. The van der Waals surface area contributed by atoms with E-state index in [1.165, 1.54) is 4.31 Å². The van der Waals surface area contributed by atoms with Crippen LogP contribution in [0.2, 0.25) is 0 Å². The van der Waals surface area contributed by atoms with Gasteiger partial charge in [0, 0.05) is 43.2 Å². The van der Waals surface area contributed by atoms with Gasteiger partial charge in [-0.2, -0.15) is 0 Å². The van der Waals surface area contributed by atoms with Gasteiger partial charge in [-0.05, 0) is 31.4 Å². The molecule has 2 aromatic rings. The molecule has 1 aliphatic rings. The summed E-state index contributed by atoms with van der Waals surface area (Å²) in [6.45, 7) is 2.70. The third-order valence-corrected chi connectivity index (χ3v) is 6.41. The van der Waals surface area contributed by atoms with Crippen molar-refractivity contribution in [3.63, 3.8) is 0 Å². The first-order valence-corrected chi connectivity index (χ1v) is 10.3. The number of nitrogens with one attached hydrogen (secondary N) is 1. The Balaban J connectivity index is 1.56. The smallest absolute Gasteiger partial charge is 0.273 e. The van der Waals surface area contributed by atoms with Gasteiger partial charge in [-0.15, -0.1) is 0 Å².